The molecule has 2 N–H and O–H groups in total. The first kappa shape index (κ1) is 22.8. The fraction of sp³-hybridized carbons (Fsp3) is 0.423. The van der Waals surface area contributed by atoms with Crippen LogP contribution in [-0.4, -0.2) is 53.7 Å². The van der Waals surface area contributed by atoms with Gasteiger partial charge in [0.2, 0.25) is 5.91 Å². The van der Waals surface area contributed by atoms with Gasteiger partial charge in [-0.1, -0.05) is 55.5 Å². The van der Waals surface area contributed by atoms with E-state index in [9.17, 15) is 19.5 Å². The topological polar surface area (TPSA) is 95.9 Å². The summed E-state index contributed by atoms with van der Waals surface area (Å²) in [5, 5.41) is 12.1. The molecule has 7 heteroatoms. The lowest BCUT2D eigenvalue weighted by Gasteiger charge is -2.33. The number of carboxylic acid groups (broad SMARTS) is 1. The number of fused-ring (bicyclic) bond motifs is 3. The molecule has 1 saturated heterocycles. The summed E-state index contributed by atoms with van der Waals surface area (Å²) in [5.74, 6) is -1.26. The monoisotopic (exact) mass is 450 g/mol. The molecule has 1 fully saturated rings. The van der Waals surface area contributed by atoms with Crippen LogP contribution >= 0.6 is 0 Å². The number of ether oxygens (including phenoxy) is 1. The minimum absolute atomic E-state index is 0.00537. The number of carbonyl (C=O) groups excluding carboxylic acids is 2. The number of likely N-dealkylation sites (tertiary alicyclic amines) is 1. The van der Waals surface area contributed by atoms with Gasteiger partial charge in [-0.15, -0.1) is 0 Å². The zero-order chi connectivity index (χ0) is 23.4. The maximum Gasteiger partial charge on any atom is 0.407 e. The number of carbonyl (C=O) groups is 3. The number of benzene rings is 2. The van der Waals surface area contributed by atoms with E-state index in [-0.39, 0.29) is 37.3 Å². The second kappa shape index (κ2) is 10.1. The van der Waals surface area contributed by atoms with E-state index in [1.807, 2.05) is 31.2 Å². The number of nitrogens with one attached hydrogen (secondary N) is 1. The summed E-state index contributed by atoms with van der Waals surface area (Å²) in [6.45, 7) is 2.86. The standard InChI is InChI=1S/C26H30N2O5/c1-17(14-24(29)28-13-7-6-12-23(28)25(30)31)15-27-26(32)33-16-22-20-10-4-2-8-18(20)19-9-3-5-11-21(19)22/h2-5,8-11,17,22-23H,6-7,12-16H2,1H3,(H,27,32)(H,30,31)/t17?,23-/m1/s1. The van der Waals surface area contributed by atoms with Crippen LogP contribution < -0.4 is 5.32 Å². The number of piperidine rings is 1. The molecule has 0 aromatic heterocycles. The lowest BCUT2D eigenvalue weighted by molar-refractivity contribution is -0.152. The quantitative estimate of drug-likeness (QED) is 0.664. The van der Waals surface area contributed by atoms with E-state index >= 15 is 0 Å². The maximum atomic E-state index is 12.6. The van der Waals surface area contributed by atoms with Gasteiger partial charge in [-0.05, 0) is 47.4 Å². The average Bonchev–Trinajstić information content (AvgIpc) is 3.15. The first-order chi connectivity index (χ1) is 16.0. The van der Waals surface area contributed by atoms with Crippen molar-refractivity contribution in [3.8, 4) is 11.1 Å². The Morgan fingerprint density at radius 2 is 1.70 bits per heavy atom. The van der Waals surface area contributed by atoms with Crippen molar-refractivity contribution in [2.24, 2.45) is 5.92 Å². The number of hydrogen-bond donors (Lipinski definition) is 2. The van der Waals surface area contributed by atoms with E-state index < -0.39 is 18.1 Å². The lowest BCUT2D eigenvalue weighted by atomic mass is 9.98. The number of rotatable bonds is 7. The number of carboxylic acids is 1. The Kier molecular flexibility index (Phi) is 6.96. The van der Waals surface area contributed by atoms with Gasteiger partial charge >= 0.3 is 12.1 Å². The lowest BCUT2D eigenvalue weighted by Crippen LogP contribution is -2.48. The van der Waals surface area contributed by atoms with Crippen molar-refractivity contribution >= 4 is 18.0 Å². The van der Waals surface area contributed by atoms with Crippen LogP contribution in [0.4, 0.5) is 4.79 Å². The van der Waals surface area contributed by atoms with Crippen molar-refractivity contribution in [1.82, 2.24) is 10.2 Å². The molecule has 4 rings (SSSR count). The largest absolute Gasteiger partial charge is 0.480 e. The zero-order valence-corrected chi connectivity index (χ0v) is 18.8. The molecule has 2 amide bonds. The molecule has 0 spiro atoms. The highest BCUT2D eigenvalue weighted by Crippen LogP contribution is 2.44. The van der Waals surface area contributed by atoms with Gasteiger partial charge in [0.1, 0.15) is 12.6 Å². The minimum atomic E-state index is -0.951. The maximum absolute atomic E-state index is 12.6. The first-order valence-corrected chi connectivity index (χ1v) is 11.6. The van der Waals surface area contributed by atoms with Crippen molar-refractivity contribution in [2.45, 2.75) is 44.6 Å². The summed E-state index contributed by atoms with van der Waals surface area (Å²) in [7, 11) is 0. The number of aliphatic carboxylic acids is 1. The zero-order valence-electron chi connectivity index (χ0n) is 18.8. The van der Waals surface area contributed by atoms with E-state index in [0.717, 1.165) is 24.0 Å². The van der Waals surface area contributed by atoms with Crippen molar-refractivity contribution in [3.05, 3.63) is 59.7 Å². The van der Waals surface area contributed by atoms with E-state index in [2.05, 4.69) is 29.6 Å². The van der Waals surface area contributed by atoms with Crippen LogP contribution in [-0.2, 0) is 14.3 Å². The van der Waals surface area contributed by atoms with Crippen LogP contribution in [0.5, 0.6) is 0 Å². The minimum Gasteiger partial charge on any atom is -0.480 e. The highest BCUT2D eigenvalue weighted by atomic mass is 16.5. The Bertz CT molecular complexity index is 991. The first-order valence-electron chi connectivity index (χ1n) is 11.6. The third kappa shape index (κ3) is 5.02. The molecule has 0 bridgehead atoms. The third-order valence-electron chi connectivity index (χ3n) is 6.57. The van der Waals surface area contributed by atoms with Gasteiger partial charge in [0, 0.05) is 25.4 Å². The van der Waals surface area contributed by atoms with Gasteiger partial charge in [-0.25, -0.2) is 9.59 Å². The fourth-order valence-electron chi connectivity index (χ4n) is 4.88. The molecule has 0 radical (unpaired) electrons. The van der Waals surface area contributed by atoms with Crippen molar-refractivity contribution in [1.29, 1.82) is 0 Å². The van der Waals surface area contributed by atoms with Crippen molar-refractivity contribution in [3.63, 3.8) is 0 Å². The molecule has 2 aromatic rings. The summed E-state index contributed by atoms with van der Waals surface area (Å²) in [6, 6.07) is 15.6. The number of nitrogens with zero attached hydrogens (tertiary/aromatic N) is 1. The molecule has 1 aliphatic carbocycles. The predicted molar refractivity (Wildman–Crippen MR) is 124 cm³/mol. The van der Waals surface area contributed by atoms with Crippen LogP contribution in [0.15, 0.2) is 48.5 Å². The number of alkyl carbamates (subject to hydrolysis) is 1. The smallest absolute Gasteiger partial charge is 0.407 e. The molecule has 2 aliphatic rings. The summed E-state index contributed by atoms with van der Waals surface area (Å²) in [6.07, 6.45) is 1.81. The normalized spacial score (nSPS) is 18.2. The van der Waals surface area contributed by atoms with Crippen LogP contribution in [0, 0.1) is 5.92 Å². The molecule has 1 aliphatic heterocycles. The van der Waals surface area contributed by atoms with Crippen molar-refractivity contribution in [2.75, 3.05) is 19.7 Å². The van der Waals surface area contributed by atoms with Crippen LogP contribution in [0.1, 0.15) is 49.7 Å². The van der Waals surface area contributed by atoms with Crippen LogP contribution in [0.2, 0.25) is 0 Å². The van der Waals surface area contributed by atoms with E-state index in [4.69, 9.17) is 4.74 Å². The SMILES string of the molecule is CC(CNC(=O)OCC1c2ccccc2-c2ccccc21)CC(=O)N1CCCC[C@@H]1C(=O)O. The van der Waals surface area contributed by atoms with E-state index in [1.165, 1.54) is 16.0 Å². The Balaban J connectivity index is 1.27. The van der Waals surface area contributed by atoms with Gasteiger partial charge in [0.25, 0.3) is 0 Å². The summed E-state index contributed by atoms with van der Waals surface area (Å²) >= 11 is 0. The Morgan fingerprint density at radius 1 is 1.06 bits per heavy atom. The Morgan fingerprint density at radius 3 is 2.33 bits per heavy atom. The summed E-state index contributed by atoms with van der Waals surface area (Å²) in [5.41, 5.74) is 4.65. The Labute approximate surface area is 193 Å². The molecular formula is C26H30N2O5. The highest BCUT2D eigenvalue weighted by Gasteiger charge is 2.32. The molecular weight excluding hydrogens is 420 g/mol. The van der Waals surface area contributed by atoms with Gasteiger partial charge < -0.3 is 20.1 Å². The third-order valence-corrected chi connectivity index (χ3v) is 6.57. The summed E-state index contributed by atoms with van der Waals surface area (Å²) in [4.78, 5) is 37.9. The van der Waals surface area contributed by atoms with Gasteiger partial charge in [-0.2, -0.15) is 0 Å². The summed E-state index contributed by atoms with van der Waals surface area (Å²) < 4.78 is 5.54. The van der Waals surface area contributed by atoms with Crippen molar-refractivity contribution < 1.29 is 24.2 Å². The molecule has 2 aromatic carbocycles. The number of amides is 2. The molecule has 1 unspecified atom stereocenters. The van der Waals surface area contributed by atoms with Crippen LogP contribution in [0.3, 0.4) is 0 Å². The number of hydrogen-bond acceptors (Lipinski definition) is 4. The molecule has 1 heterocycles. The van der Waals surface area contributed by atoms with E-state index in [1.54, 1.807) is 0 Å². The molecule has 33 heavy (non-hydrogen) atoms. The van der Waals surface area contributed by atoms with Crippen LogP contribution in [0.25, 0.3) is 11.1 Å². The molecule has 2 atom stereocenters. The second-order valence-electron chi connectivity index (χ2n) is 8.95. The fourth-order valence-corrected chi connectivity index (χ4v) is 4.88. The molecule has 7 nitrogen and oxygen atoms in total. The highest BCUT2D eigenvalue weighted by molar-refractivity contribution is 5.84. The van der Waals surface area contributed by atoms with E-state index in [0.29, 0.717) is 13.0 Å². The predicted octanol–water partition coefficient (Wildman–Crippen LogP) is 4.02. The van der Waals surface area contributed by atoms with Gasteiger partial charge in [0.15, 0.2) is 0 Å². The van der Waals surface area contributed by atoms with Gasteiger partial charge in [0.05, 0.1) is 0 Å². The average molecular weight is 451 g/mol. The van der Waals surface area contributed by atoms with Gasteiger partial charge in [-0.3, -0.25) is 4.79 Å². The molecule has 0 saturated carbocycles. The molecule has 174 valence electrons. The Hall–Kier alpha value is -3.35. The second-order valence-corrected chi connectivity index (χ2v) is 8.95.